The lowest BCUT2D eigenvalue weighted by Crippen LogP contribution is -2.51. The van der Waals surface area contributed by atoms with Crippen LogP contribution in [0, 0.1) is 0 Å². The average molecular weight is 236 g/mol. The zero-order valence-electron chi connectivity index (χ0n) is 10.7. The second-order valence-corrected chi connectivity index (χ2v) is 4.43. The van der Waals surface area contributed by atoms with Crippen LogP contribution in [0.15, 0.2) is 30.3 Å². The molecular formula is C14H22NO2+. The molecule has 0 bridgehead atoms. The van der Waals surface area contributed by atoms with Gasteiger partial charge in [0.05, 0.1) is 6.42 Å². The van der Waals surface area contributed by atoms with Crippen LogP contribution in [-0.4, -0.2) is 28.9 Å². The van der Waals surface area contributed by atoms with Crippen molar-refractivity contribution >= 4 is 5.91 Å². The fourth-order valence-electron chi connectivity index (χ4n) is 2.02. The molecule has 3 nitrogen and oxygen atoms in total. The lowest BCUT2D eigenvalue weighted by atomic mass is 10.1. The molecule has 0 unspecified atom stereocenters. The van der Waals surface area contributed by atoms with Crippen molar-refractivity contribution in [3.8, 4) is 0 Å². The predicted molar refractivity (Wildman–Crippen MR) is 67.5 cm³/mol. The Morgan fingerprint density at radius 2 is 1.65 bits per heavy atom. The van der Waals surface area contributed by atoms with Crippen molar-refractivity contribution in [1.29, 1.82) is 0 Å². The summed E-state index contributed by atoms with van der Waals surface area (Å²) in [6.07, 6.45) is 1.91. The van der Waals surface area contributed by atoms with Crippen LogP contribution in [0.2, 0.25) is 0 Å². The van der Waals surface area contributed by atoms with Gasteiger partial charge >= 0.3 is 5.91 Å². The third-order valence-electron chi connectivity index (χ3n) is 2.85. The van der Waals surface area contributed by atoms with E-state index in [2.05, 4.69) is 0 Å². The molecule has 0 aliphatic rings. The van der Waals surface area contributed by atoms with Crippen LogP contribution >= 0.6 is 0 Å². The van der Waals surface area contributed by atoms with E-state index in [0.717, 1.165) is 18.4 Å². The summed E-state index contributed by atoms with van der Waals surface area (Å²) in [6, 6.07) is 9.58. The van der Waals surface area contributed by atoms with Gasteiger partial charge in [-0.2, -0.15) is 0 Å². The number of nitrogens with zero attached hydrogens (tertiary/aromatic N) is 1. The van der Waals surface area contributed by atoms with E-state index in [4.69, 9.17) is 0 Å². The Balaban J connectivity index is 2.72. The highest BCUT2D eigenvalue weighted by Gasteiger charge is 2.33. The summed E-state index contributed by atoms with van der Waals surface area (Å²) in [4.78, 5) is 12.1. The number of quaternary nitrogens is 1. The average Bonchev–Trinajstić information content (AvgIpc) is 2.31. The molecule has 0 aliphatic heterocycles. The van der Waals surface area contributed by atoms with Crippen LogP contribution in [-0.2, 0) is 11.2 Å². The molecule has 1 rings (SSSR count). The molecule has 0 aliphatic carbocycles. The summed E-state index contributed by atoms with van der Waals surface area (Å²) < 4.78 is -0.429. The Morgan fingerprint density at radius 1 is 1.12 bits per heavy atom. The van der Waals surface area contributed by atoms with E-state index in [0.29, 0.717) is 19.5 Å². The Labute approximate surface area is 103 Å². The molecule has 0 saturated heterocycles. The number of amides is 1. The zero-order chi connectivity index (χ0) is 12.7. The van der Waals surface area contributed by atoms with Crippen molar-refractivity contribution in [3.63, 3.8) is 0 Å². The van der Waals surface area contributed by atoms with Crippen LogP contribution in [0.25, 0.3) is 0 Å². The minimum Gasteiger partial charge on any atom is -0.227 e. The van der Waals surface area contributed by atoms with Gasteiger partial charge in [0.15, 0.2) is 0 Å². The van der Waals surface area contributed by atoms with Crippen LogP contribution in [0.5, 0.6) is 0 Å². The molecule has 0 radical (unpaired) electrons. The smallest absolute Gasteiger partial charge is 0.227 e. The number of rotatable bonds is 6. The molecule has 0 saturated carbocycles. The quantitative estimate of drug-likeness (QED) is 0.468. The number of carbonyl (C=O) groups is 1. The van der Waals surface area contributed by atoms with Gasteiger partial charge in [-0.25, -0.2) is 10.0 Å². The van der Waals surface area contributed by atoms with Crippen molar-refractivity contribution in [3.05, 3.63) is 35.9 Å². The first-order valence-corrected chi connectivity index (χ1v) is 6.29. The third-order valence-corrected chi connectivity index (χ3v) is 2.85. The van der Waals surface area contributed by atoms with E-state index in [-0.39, 0.29) is 5.91 Å². The summed E-state index contributed by atoms with van der Waals surface area (Å²) in [5.74, 6) is -0.111. The zero-order valence-corrected chi connectivity index (χ0v) is 10.7. The molecule has 0 aromatic heterocycles. The molecule has 0 heterocycles. The fourth-order valence-corrected chi connectivity index (χ4v) is 2.02. The minimum atomic E-state index is -0.429. The third kappa shape index (κ3) is 3.95. The molecule has 3 heteroatoms. The molecule has 1 aromatic carbocycles. The van der Waals surface area contributed by atoms with Crippen LogP contribution in [0.3, 0.4) is 0 Å². The maximum Gasteiger partial charge on any atom is 0.349 e. The van der Waals surface area contributed by atoms with E-state index in [1.165, 1.54) is 0 Å². The summed E-state index contributed by atoms with van der Waals surface area (Å²) in [5, 5.41) is 10.3. The number of hydrogen-bond donors (Lipinski definition) is 1. The van der Waals surface area contributed by atoms with E-state index >= 15 is 0 Å². The van der Waals surface area contributed by atoms with Gasteiger partial charge in [-0.15, -0.1) is 4.65 Å². The first-order valence-electron chi connectivity index (χ1n) is 6.29. The Kier molecular flexibility index (Phi) is 5.32. The predicted octanol–water partition coefficient (Wildman–Crippen LogP) is 2.78. The number of hydrogen-bond acceptors (Lipinski definition) is 2. The van der Waals surface area contributed by atoms with Crippen molar-refractivity contribution in [2.45, 2.75) is 33.1 Å². The number of carbonyl (C=O) groups excluding carboxylic acids is 1. The Hall–Kier alpha value is -1.19. The SMILES string of the molecule is CCC[N+](O)(CCC)C(=O)Cc1ccccc1. The standard InChI is InChI=1S/C14H22NO2/c1-3-10-15(17,11-4-2)14(16)12-13-8-6-5-7-9-13/h5-9,17H,3-4,10-12H2,1-2H3/q+1. The van der Waals surface area contributed by atoms with Crippen molar-refractivity contribution < 1.29 is 14.6 Å². The van der Waals surface area contributed by atoms with E-state index in [1.807, 2.05) is 44.2 Å². The Bertz CT molecular complexity index is 342. The minimum absolute atomic E-state index is 0.111. The monoisotopic (exact) mass is 236 g/mol. The summed E-state index contributed by atoms with van der Waals surface area (Å²) >= 11 is 0. The van der Waals surface area contributed by atoms with Crippen molar-refractivity contribution in [2.75, 3.05) is 13.1 Å². The van der Waals surface area contributed by atoms with Gasteiger partial charge < -0.3 is 0 Å². The topological polar surface area (TPSA) is 37.3 Å². The van der Waals surface area contributed by atoms with Gasteiger partial charge in [0.2, 0.25) is 0 Å². The van der Waals surface area contributed by atoms with Gasteiger partial charge in [0.25, 0.3) is 0 Å². The molecule has 17 heavy (non-hydrogen) atoms. The second kappa shape index (κ2) is 6.52. The molecular weight excluding hydrogens is 214 g/mol. The summed E-state index contributed by atoms with van der Waals surface area (Å²) in [5.41, 5.74) is 0.959. The van der Waals surface area contributed by atoms with Crippen LogP contribution in [0.4, 0.5) is 0 Å². The largest absolute Gasteiger partial charge is 0.349 e. The molecule has 0 atom stereocenters. The molecule has 0 fully saturated rings. The number of hydroxylamine groups is 3. The van der Waals surface area contributed by atoms with E-state index in [9.17, 15) is 10.0 Å². The normalized spacial score (nSPS) is 11.5. The van der Waals surface area contributed by atoms with Crippen molar-refractivity contribution in [1.82, 2.24) is 0 Å². The Morgan fingerprint density at radius 3 is 2.12 bits per heavy atom. The van der Waals surface area contributed by atoms with E-state index in [1.54, 1.807) is 0 Å². The molecule has 1 aromatic rings. The number of benzene rings is 1. The van der Waals surface area contributed by atoms with Gasteiger partial charge in [0.1, 0.15) is 13.1 Å². The van der Waals surface area contributed by atoms with E-state index < -0.39 is 4.65 Å². The summed E-state index contributed by atoms with van der Waals surface area (Å²) in [7, 11) is 0. The van der Waals surface area contributed by atoms with Crippen molar-refractivity contribution in [2.24, 2.45) is 0 Å². The first kappa shape index (κ1) is 13.9. The van der Waals surface area contributed by atoms with Crippen LogP contribution < -0.4 is 0 Å². The highest BCUT2D eigenvalue weighted by molar-refractivity contribution is 5.71. The van der Waals surface area contributed by atoms with Gasteiger partial charge in [-0.1, -0.05) is 44.2 Å². The molecule has 1 N–H and O–H groups in total. The first-order chi connectivity index (χ1) is 8.12. The maximum atomic E-state index is 12.1. The second-order valence-electron chi connectivity index (χ2n) is 4.43. The molecule has 1 amide bonds. The summed E-state index contributed by atoms with van der Waals surface area (Å²) in [6.45, 7) is 4.96. The molecule has 94 valence electrons. The lowest BCUT2D eigenvalue weighted by Gasteiger charge is -2.26. The van der Waals surface area contributed by atoms with Gasteiger partial charge in [-0.05, 0) is 18.4 Å². The lowest BCUT2D eigenvalue weighted by molar-refractivity contribution is -1.04. The highest BCUT2D eigenvalue weighted by atomic mass is 16.6. The van der Waals surface area contributed by atoms with Crippen LogP contribution in [0.1, 0.15) is 32.3 Å². The maximum absolute atomic E-state index is 12.1. The van der Waals surface area contributed by atoms with Gasteiger partial charge in [-0.3, -0.25) is 0 Å². The molecule has 0 spiro atoms. The fraction of sp³-hybridized carbons (Fsp3) is 0.500. The highest BCUT2D eigenvalue weighted by Crippen LogP contribution is 2.11. The van der Waals surface area contributed by atoms with Gasteiger partial charge in [0, 0.05) is 0 Å².